The molecule has 0 atom stereocenters. The molecule has 200 valence electrons. The number of para-hydroxylation sites is 1. The number of ether oxygens (including phenoxy) is 1. The van der Waals surface area contributed by atoms with Gasteiger partial charge >= 0.3 is 5.97 Å². The molecule has 39 heavy (non-hydrogen) atoms. The van der Waals surface area contributed by atoms with E-state index >= 15 is 0 Å². The fourth-order valence-corrected chi connectivity index (χ4v) is 5.80. The number of piperazine rings is 1. The van der Waals surface area contributed by atoms with Crippen molar-refractivity contribution in [2.75, 3.05) is 42.4 Å². The molecule has 0 unspecified atom stereocenters. The molecule has 9 nitrogen and oxygen atoms in total. The number of anilines is 2. The minimum atomic E-state index is -3.88. The van der Waals surface area contributed by atoms with Gasteiger partial charge in [0.2, 0.25) is 0 Å². The van der Waals surface area contributed by atoms with Gasteiger partial charge in [-0.25, -0.2) is 13.2 Å². The summed E-state index contributed by atoms with van der Waals surface area (Å²) in [6.45, 7) is 4.50. The lowest BCUT2D eigenvalue weighted by atomic mass is 10.1. The zero-order valence-corrected chi connectivity index (χ0v) is 22.2. The Morgan fingerprint density at radius 3 is 2.23 bits per heavy atom. The van der Waals surface area contributed by atoms with Gasteiger partial charge in [0.05, 0.1) is 17.7 Å². The molecule has 2 heterocycles. The van der Waals surface area contributed by atoms with Crippen molar-refractivity contribution in [2.24, 2.45) is 0 Å². The lowest BCUT2D eigenvalue weighted by Crippen LogP contribution is -2.48. The zero-order valence-electron chi connectivity index (χ0n) is 21.4. The molecule has 10 heteroatoms. The lowest BCUT2D eigenvalue weighted by Gasteiger charge is -2.36. The highest BCUT2D eigenvalue weighted by Gasteiger charge is 2.23. The van der Waals surface area contributed by atoms with E-state index in [0.29, 0.717) is 55.1 Å². The number of hydrogen-bond acceptors (Lipinski definition) is 7. The van der Waals surface area contributed by atoms with Crippen LogP contribution in [-0.4, -0.2) is 63.0 Å². The molecule has 1 N–H and O–H groups in total. The first-order valence-corrected chi connectivity index (χ1v) is 14.1. The maximum atomic E-state index is 13.1. The van der Waals surface area contributed by atoms with Crippen molar-refractivity contribution in [3.63, 3.8) is 0 Å². The van der Waals surface area contributed by atoms with Gasteiger partial charge in [-0.2, -0.15) is 0 Å². The van der Waals surface area contributed by atoms with Crippen molar-refractivity contribution in [2.45, 2.75) is 11.8 Å². The summed E-state index contributed by atoms with van der Waals surface area (Å²) in [5.74, 6) is -0.455. The maximum Gasteiger partial charge on any atom is 0.338 e. The fourth-order valence-electron chi connectivity index (χ4n) is 4.56. The van der Waals surface area contributed by atoms with Crippen molar-refractivity contribution >= 4 is 44.2 Å². The monoisotopic (exact) mass is 544 g/mol. The van der Waals surface area contributed by atoms with Crippen LogP contribution >= 0.6 is 0 Å². The van der Waals surface area contributed by atoms with Gasteiger partial charge in [0.25, 0.3) is 15.9 Å². The summed E-state index contributed by atoms with van der Waals surface area (Å²) in [6, 6.07) is 22.3. The third-order valence-corrected chi connectivity index (χ3v) is 7.99. The predicted molar refractivity (Wildman–Crippen MR) is 150 cm³/mol. The van der Waals surface area contributed by atoms with Crippen LogP contribution in [0.4, 0.5) is 11.4 Å². The van der Waals surface area contributed by atoms with Gasteiger partial charge in [0.1, 0.15) is 4.90 Å². The molecular formula is C29H28N4O5S. The molecule has 1 aromatic heterocycles. The van der Waals surface area contributed by atoms with Crippen LogP contribution in [0.5, 0.6) is 0 Å². The van der Waals surface area contributed by atoms with E-state index in [2.05, 4.69) is 14.6 Å². The first-order valence-electron chi connectivity index (χ1n) is 12.6. The Kier molecular flexibility index (Phi) is 7.47. The minimum Gasteiger partial charge on any atom is -0.462 e. The quantitative estimate of drug-likeness (QED) is 0.348. The molecule has 1 fully saturated rings. The third-order valence-electron chi connectivity index (χ3n) is 6.58. The molecule has 5 rings (SSSR count). The van der Waals surface area contributed by atoms with Crippen LogP contribution < -0.4 is 9.62 Å². The second-order valence-corrected chi connectivity index (χ2v) is 10.7. The number of benzene rings is 3. The fraction of sp³-hybridized carbons (Fsp3) is 0.207. The topological polar surface area (TPSA) is 109 Å². The van der Waals surface area contributed by atoms with Gasteiger partial charge < -0.3 is 14.5 Å². The molecule has 0 aliphatic carbocycles. The van der Waals surface area contributed by atoms with Crippen LogP contribution in [-0.2, 0) is 14.8 Å². The molecule has 3 aromatic carbocycles. The van der Waals surface area contributed by atoms with Crippen molar-refractivity contribution < 1.29 is 22.7 Å². The number of carbonyl (C=O) groups is 2. The second-order valence-electron chi connectivity index (χ2n) is 9.06. The van der Waals surface area contributed by atoms with Gasteiger partial charge in [-0.05, 0) is 67.6 Å². The third kappa shape index (κ3) is 5.70. The minimum absolute atomic E-state index is 0.0918. The molecule has 0 bridgehead atoms. The average Bonchev–Trinajstić information content (AvgIpc) is 2.97. The molecule has 1 amide bonds. The number of hydrogen-bond donors (Lipinski definition) is 1. The van der Waals surface area contributed by atoms with E-state index in [1.807, 2.05) is 24.3 Å². The Morgan fingerprint density at radius 2 is 1.54 bits per heavy atom. The standard InChI is InChI=1S/C29H28N4O5S/c1-2-38-29(35)23-10-14-25(15-11-23)32-17-19-33(20-18-32)28(34)22-8-12-24(13-9-22)31-39(36,37)26-7-3-5-21-6-4-16-30-27(21)26/h3-16,31H,2,17-20H2,1H3. The molecule has 0 saturated carbocycles. The van der Waals surface area contributed by atoms with E-state index in [0.717, 1.165) is 11.1 Å². The Balaban J connectivity index is 1.20. The number of esters is 1. The van der Waals surface area contributed by atoms with Crippen LogP contribution in [0.15, 0.2) is 90.0 Å². The average molecular weight is 545 g/mol. The predicted octanol–water partition coefficient (Wildman–Crippen LogP) is 4.17. The smallest absolute Gasteiger partial charge is 0.338 e. The van der Waals surface area contributed by atoms with Gasteiger partial charge in [0, 0.05) is 54.7 Å². The summed E-state index contributed by atoms with van der Waals surface area (Å²) < 4.78 is 33.7. The van der Waals surface area contributed by atoms with E-state index in [4.69, 9.17) is 4.74 Å². The molecule has 0 radical (unpaired) electrons. The number of amides is 1. The number of rotatable bonds is 7. The van der Waals surface area contributed by atoms with E-state index < -0.39 is 10.0 Å². The van der Waals surface area contributed by atoms with Crippen LogP contribution in [0.1, 0.15) is 27.6 Å². The van der Waals surface area contributed by atoms with E-state index in [1.54, 1.807) is 66.6 Å². The molecule has 4 aromatic rings. The number of aromatic nitrogens is 1. The summed E-state index contributed by atoms with van der Waals surface area (Å²) in [5, 5.41) is 0.732. The van der Waals surface area contributed by atoms with E-state index in [1.165, 1.54) is 6.07 Å². The van der Waals surface area contributed by atoms with Crippen LogP contribution in [0.2, 0.25) is 0 Å². The summed E-state index contributed by atoms with van der Waals surface area (Å²) >= 11 is 0. The number of carbonyl (C=O) groups excluding carboxylic acids is 2. The van der Waals surface area contributed by atoms with E-state index in [-0.39, 0.29) is 16.8 Å². The number of pyridine rings is 1. The Hall–Kier alpha value is -4.44. The normalized spacial score (nSPS) is 13.8. The summed E-state index contributed by atoms with van der Waals surface area (Å²) in [6.07, 6.45) is 1.56. The van der Waals surface area contributed by atoms with Crippen LogP contribution in [0.25, 0.3) is 10.9 Å². The van der Waals surface area contributed by atoms with Crippen molar-refractivity contribution in [1.29, 1.82) is 0 Å². The number of nitrogens with one attached hydrogen (secondary N) is 1. The van der Waals surface area contributed by atoms with Crippen LogP contribution in [0, 0.1) is 0 Å². The first-order chi connectivity index (χ1) is 18.9. The van der Waals surface area contributed by atoms with Crippen molar-refractivity contribution in [1.82, 2.24) is 9.88 Å². The molecular weight excluding hydrogens is 516 g/mol. The molecule has 1 aliphatic rings. The molecule has 0 spiro atoms. The highest BCUT2D eigenvalue weighted by atomic mass is 32.2. The SMILES string of the molecule is CCOC(=O)c1ccc(N2CCN(C(=O)c3ccc(NS(=O)(=O)c4cccc5cccnc45)cc3)CC2)cc1. The number of sulfonamides is 1. The lowest BCUT2D eigenvalue weighted by molar-refractivity contribution is 0.0526. The Labute approximate surface area is 227 Å². The second kappa shape index (κ2) is 11.1. The molecule has 1 saturated heterocycles. The molecule has 1 aliphatic heterocycles. The van der Waals surface area contributed by atoms with Crippen molar-refractivity contribution in [3.8, 4) is 0 Å². The van der Waals surface area contributed by atoms with Gasteiger partial charge in [-0.3, -0.25) is 14.5 Å². The van der Waals surface area contributed by atoms with Crippen LogP contribution in [0.3, 0.4) is 0 Å². The number of fused-ring (bicyclic) bond motifs is 1. The summed E-state index contributed by atoms with van der Waals surface area (Å²) in [7, 11) is -3.88. The summed E-state index contributed by atoms with van der Waals surface area (Å²) in [4.78, 5) is 33.2. The van der Waals surface area contributed by atoms with Gasteiger partial charge in [0.15, 0.2) is 0 Å². The number of nitrogens with zero attached hydrogens (tertiary/aromatic N) is 3. The largest absolute Gasteiger partial charge is 0.462 e. The van der Waals surface area contributed by atoms with Gasteiger partial charge in [-0.15, -0.1) is 0 Å². The van der Waals surface area contributed by atoms with Gasteiger partial charge in [-0.1, -0.05) is 18.2 Å². The van der Waals surface area contributed by atoms with Crippen molar-refractivity contribution in [3.05, 3.63) is 96.2 Å². The highest BCUT2D eigenvalue weighted by Crippen LogP contribution is 2.24. The highest BCUT2D eigenvalue weighted by molar-refractivity contribution is 7.93. The summed E-state index contributed by atoms with van der Waals surface area (Å²) in [5.41, 5.74) is 2.73. The van der Waals surface area contributed by atoms with E-state index in [9.17, 15) is 18.0 Å². The first kappa shape index (κ1) is 26.2. The zero-order chi connectivity index (χ0) is 27.4. The Morgan fingerprint density at radius 1 is 0.872 bits per heavy atom. The maximum absolute atomic E-state index is 13.1. The Bertz CT molecular complexity index is 1590.